The summed E-state index contributed by atoms with van der Waals surface area (Å²) in [6, 6.07) is 5.33. The number of piperidine rings is 1. The van der Waals surface area contributed by atoms with Gasteiger partial charge in [-0.25, -0.2) is 0 Å². The van der Waals surface area contributed by atoms with Gasteiger partial charge in [0.15, 0.2) is 0 Å². The highest BCUT2D eigenvalue weighted by Gasteiger charge is 2.23. The molecule has 1 amide bonds. The maximum atomic E-state index is 12.7. The first-order valence-electron chi connectivity index (χ1n) is 10.2. The van der Waals surface area contributed by atoms with Gasteiger partial charge in [-0.05, 0) is 45.1 Å². The number of anilines is 1. The molecule has 3 rings (SSSR count). The van der Waals surface area contributed by atoms with Gasteiger partial charge in [-0.3, -0.25) is 14.9 Å². The van der Waals surface area contributed by atoms with Gasteiger partial charge < -0.3 is 15.1 Å². The summed E-state index contributed by atoms with van der Waals surface area (Å²) in [5.74, 6) is -0.206. The average molecular weight is 375 g/mol. The molecule has 0 bridgehead atoms. The second-order valence-corrected chi connectivity index (χ2v) is 7.82. The van der Waals surface area contributed by atoms with Crippen molar-refractivity contribution in [1.29, 1.82) is 0 Å². The Labute approximate surface area is 160 Å². The fourth-order valence-corrected chi connectivity index (χ4v) is 4.29. The molecule has 0 radical (unpaired) electrons. The zero-order valence-electron chi connectivity index (χ0n) is 16.2. The number of hydrogen-bond donors (Lipinski definition) is 2. The Bertz CT molecular complexity index is 673. The zero-order valence-corrected chi connectivity index (χ0v) is 16.2. The lowest BCUT2D eigenvalue weighted by atomic mass is 10.0. The van der Waals surface area contributed by atoms with Crippen LogP contribution in [0.3, 0.4) is 0 Å². The van der Waals surface area contributed by atoms with E-state index in [1.54, 1.807) is 11.0 Å². The molecule has 0 aliphatic carbocycles. The summed E-state index contributed by atoms with van der Waals surface area (Å²) in [4.78, 5) is 27.2. The molecule has 2 aliphatic heterocycles. The number of quaternary nitrogens is 1. The van der Waals surface area contributed by atoms with Gasteiger partial charge >= 0.3 is 0 Å². The molecule has 148 valence electrons. The Hall–Kier alpha value is -2.15. The molecule has 0 saturated carbocycles. The molecule has 1 unspecified atom stereocenters. The molecule has 27 heavy (non-hydrogen) atoms. The SMILES string of the molecule is C[C@H]1CCCC[NH+]1CCCNC(=O)c1cc([N+](=O)[O-])ccc1N1CCCC1. The first kappa shape index (κ1) is 19.6. The summed E-state index contributed by atoms with van der Waals surface area (Å²) in [6.45, 7) is 6.99. The Morgan fingerprint density at radius 3 is 2.78 bits per heavy atom. The number of likely N-dealkylation sites (tertiary alicyclic amines) is 1. The van der Waals surface area contributed by atoms with E-state index in [0.717, 1.165) is 44.6 Å². The van der Waals surface area contributed by atoms with Gasteiger partial charge in [0.05, 0.1) is 35.3 Å². The molecule has 2 aliphatic rings. The van der Waals surface area contributed by atoms with E-state index >= 15 is 0 Å². The van der Waals surface area contributed by atoms with E-state index < -0.39 is 4.92 Å². The molecule has 2 fully saturated rings. The average Bonchev–Trinajstić information content (AvgIpc) is 3.20. The summed E-state index contributed by atoms with van der Waals surface area (Å²) < 4.78 is 0. The lowest BCUT2D eigenvalue weighted by molar-refractivity contribution is -0.928. The van der Waals surface area contributed by atoms with E-state index in [2.05, 4.69) is 17.1 Å². The van der Waals surface area contributed by atoms with Crippen LogP contribution in [0.25, 0.3) is 0 Å². The smallest absolute Gasteiger partial charge is 0.270 e. The van der Waals surface area contributed by atoms with Gasteiger partial charge in [0.25, 0.3) is 11.6 Å². The Balaban J connectivity index is 1.60. The minimum Gasteiger partial charge on any atom is -0.371 e. The van der Waals surface area contributed by atoms with Crippen LogP contribution in [-0.4, -0.2) is 49.6 Å². The summed E-state index contributed by atoms with van der Waals surface area (Å²) in [5, 5.41) is 14.1. The predicted octanol–water partition coefficient (Wildman–Crippen LogP) is 1.77. The van der Waals surface area contributed by atoms with Crippen molar-refractivity contribution < 1.29 is 14.6 Å². The number of nitro benzene ring substituents is 1. The number of hydrogen-bond acceptors (Lipinski definition) is 4. The van der Waals surface area contributed by atoms with Gasteiger partial charge in [-0.1, -0.05) is 0 Å². The van der Waals surface area contributed by atoms with E-state index in [-0.39, 0.29) is 11.6 Å². The Kier molecular flexibility index (Phi) is 6.66. The molecule has 7 nitrogen and oxygen atoms in total. The standard InChI is InChI=1S/C20H30N4O3/c1-16-7-2-3-11-22(16)14-6-10-21-20(25)18-15-17(24(26)27)8-9-19(18)23-12-4-5-13-23/h8-9,15-16H,2-7,10-14H2,1H3,(H,21,25)/p+1/t16-/m0/s1. The van der Waals surface area contributed by atoms with Crippen LogP contribution in [0.15, 0.2) is 18.2 Å². The van der Waals surface area contributed by atoms with Gasteiger partial charge in [0, 0.05) is 38.2 Å². The maximum Gasteiger partial charge on any atom is 0.270 e. The van der Waals surface area contributed by atoms with Gasteiger partial charge in [0.1, 0.15) is 0 Å². The molecule has 0 spiro atoms. The third-order valence-electron chi connectivity index (χ3n) is 5.92. The van der Waals surface area contributed by atoms with Crippen molar-refractivity contribution in [1.82, 2.24) is 5.32 Å². The van der Waals surface area contributed by atoms with Crippen molar-refractivity contribution in [2.24, 2.45) is 0 Å². The number of carbonyl (C=O) groups excluding carboxylic acids is 1. The molecule has 2 N–H and O–H groups in total. The molecule has 1 aromatic carbocycles. The Morgan fingerprint density at radius 2 is 2.07 bits per heavy atom. The van der Waals surface area contributed by atoms with Gasteiger partial charge in [-0.15, -0.1) is 0 Å². The van der Waals surface area contributed by atoms with Crippen LogP contribution < -0.4 is 15.1 Å². The van der Waals surface area contributed by atoms with Crippen molar-refractivity contribution in [2.75, 3.05) is 37.6 Å². The van der Waals surface area contributed by atoms with E-state index in [1.807, 2.05) is 0 Å². The fourth-order valence-electron chi connectivity index (χ4n) is 4.29. The second-order valence-electron chi connectivity index (χ2n) is 7.82. The predicted molar refractivity (Wildman–Crippen MR) is 106 cm³/mol. The topological polar surface area (TPSA) is 79.9 Å². The normalized spacial score (nSPS) is 22.6. The third kappa shape index (κ3) is 4.97. The lowest BCUT2D eigenvalue weighted by Gasteiger charge is -2.30. The van der Waals surface area contributed by atoms with Gasteiger partial charge in [-0.2, -0.15) is 0 Å². The van der Waals surface area contributed by atoms with E-state index in [0.29, 0.717) is 18.2 Å². The number of benzene rings is 1. The summed E-state index contributed by atoms with van der Waals surface area (Å²) >= 11 is 0. The largest absolute Gasteiger partial charge is 0.371 e. The first-order chi connectivity index (χ1) is 13.1. The molecule has 2 atom stereocenters. The molecule has 0 aromatic heterocycles. The zero-order chi connectivity index (χ0) is 19.2. The minimum absolute atomic E-state index is 0.0327. The van der Waals surface area contributed by atoms with Crippen LogP contribution >= 0.6 is 0 Å². The molecular formula is C20H31N4O3+. The van der Waals surface area contributed by atoms with Crippen molar-refractivity contribution in [3.63, 3.8) is 0 Å². The molecule has 2 saturated heterocycles. The fraction of sp³-hybridized carbons (Fsp3) is 0.650. The summed E-state index contributed by atoms with van der Waals surface area (Å²) in [6.07, 6.45) is 7.02. The molecule has 2 heterocycles. The third-order valence-corrected chi connectivity index (χ3v) is 5.92. The molecule has 7 heteroatoms. The maximum absolute atomic E-state index is 12.7. The quantitative estimate of drug-likeness (QED) is 0.432. The highest BCUT2D eigenvalue weighted by atomic mass is 16.6. The number of nitro groups is 1. The van der Waals surface area contributed by atoms with E-state index in [1.165, 1.54) is 37.9 Å². The van der Waals surface area contributed by atoms with Crippen molar-refractivity contribution in [3.05, 3.63) is 33.9 Å². The van der Waals surface area contributed by atoms with Crippen LogP contribution in [0, 0.1) is 10.1 Å². The van der Waals surface area contributed by atoms with Crippen LogP contribution in [0.1, 0.15) is 55.8 Å². The van der Waals surface area contributed by atoms with Crippen molar-refractivity contribution in [2.45, 2.75) is 51.5 Å². The summed E-state index contributed by atoms with van der Waals surface area (Å²) in [7, 11) is 0. The number of nitrogens with zero attached hydrogens (tertiary/aromatic N) is 2. The molecular weight excluding hydrogens is 344 g/mol. The number of amides is 1. The first-order valence-corrected chi connectivity index (χ1v) is 10.2. The highest BCUT2D eigenvalue weighted by molar-refractivity contribution is 6.00. The highest BCUT2D eigenvalue weighted by Crippen LogP contribution is 2.28. The monoisotopic (exact) mass is 375 g/mol. The Morgan fingerprint density at radius 1 is 1.30 bits per heavy atom. The van der Waals surface area contributed by atoms with Crippen molar-refractivity contribution >= 4 is 17.3 Å². The number of carbonyl (C=O) groups is 1. The van der Waals surface area contributed by atoms with Crippen LogP contribution in [0.5, 0.6) is 0 Å². The van der Waals surface area contributed by atoms with Gasteiger partial charge in [0.2, 0.25) is 0 Å². The van der Waals surface area contributed by atoms with E-state index in [9.17, 15) is 14.9 Å². The minimum atomic E-state index is -0.439. The van der Waals surface area contributed by atoms with Crippen molar-refractivity contribution in [3.8, 4) is 0 Å². The number of non-ortho nitro benzene ring substituents is 1. The number of rotatable bonds is 7. The number of nitrogens with one attached hydrogen (secondary N) is 2. The summed E-state index contributed by atoms with van der Waals surface area (Å²) in [5.41, 5.74) is 1.20. The molecule has 1 aromatic rings. The second kappa shape index (κ2) is 9.17. The van der Waals surface area contributed by atoms with E-state index in [4.69, 9.17) is 0 Å². The lowest BCUT2D eigenvalue weighted by Crippen LogP contribution is -3.16. The van der Waals surface area contributed by atoms with Crippen LogP contribution in [0.2, 0.25) is 0 Å². The van der Waals surface area contributed by atoms with Crippen LogP contribution in [-0.2, 0) is 0 Å². The van der Waals surface area contributed by atoms with Crippen LogP contribution in [0.4, 0.5) is 11.4 Å².